The molecule has 6 N–H and O–H groups in total. The topological polar surface area (TPSA) is 143 Å². The van der Waals surface area contributed by atoms with Crippen LogP contribution in [0.15, 0.2) is 0 Å². The van der Waals surface area contributed by atoms with Crippen molar-refractivity contribution >= 4 is 11.8 Å². The first-order valence-electron chi connectivity index (χ1n) is 16.3. The standard InChI is InChI=1S/C33H54N4O4/c1-6-17-34-30(41)27(14-16-32(4)36-37-32)35-29(40)12-7-20(2)24-10-11-25-23-9-8-21-18-22(38)13-15-31(21,3)26(23)19-28(39)33(24,25)5/h1,20-28,36-39H,7-19H2,2-5H3,(H,34,41)(H,35,40). The summed E-state index contributed by atoms with van der Waals surface area (Å²) in [5.41, 5.74) is 6.09. The zero-order valence-electron chi connectivity index (χ0n) is 25.7. The van der Waals surface area contributed by atoms with Crippen molar-refractivity contribution < 1.29 is 19.8 Å². The van der Waals surface area contributed by atoms with Crippen molar-refractivity contribution in [2.45, 2.75) is 129 Å². The average Bonchev–Trinajstić information content (AvgIpc) is 3.56. The van der Waals surface area contributed by atoms with Gasteiger partial charge in [0.25, 0.3) is 0 Å². The van der Waals surface area contributed by atoms with Crippen molar-refractivity contribution in [3.05, 3.63) is 0 Å². The highest BCUT2D eigenvalue weighted by molar-refractivity contribution is 5.87. The van der Waals surface area contributed by atoms with E-state index in [0.717, 1.165) is 44.9 Å². The molecule has 11 unspecified atom stereocenters. The second kappa shape index (κ2) is 11.8. The number of carbonyl (C=O) groups excluding carboxylic acids is 2. The Morgan fingerprint density at radius 2 is 1.78 bits per heavy atom. The zero-order valence-corrected chi connectivity index (χ0v) is 25.7. The molecule has 0 aromatic carbocycles. The maximum Gasteiger partial charge on any atom is 0.243 e. The number of aliphatic hydroxyl groups excluding tert-OH is 2. The van der Waals surface area contributed by atoms with E-state index in [4.69, 9.17) is 6.42 Å². The molecule has 0 aromatic rings. The Morgan fingerprint density at radius 1 is 1.02 bits per heavy atom. The van der Waals surface area contributed by atoms with Gasteiger partial charge in [0, 0.05) is 6.42 Å². The second-order valence-electron chi connectivity index (χ2n) is 15.1. The van der Waals surface area contributed by atoms with Gasteiger partial charge in [-0.1, -0.05) is 26.7 Å². The van der Waals surface area contributed by atoms with E-state index in [1.165, 1.54) is 12.8 Å². The summed E-state index contributed by atoms with van der Waals surface area (Å²) >= 11 is 0. The number of aliphatic hydroxyl groups is 2. The number of hydrazine groups is 1. The molecule has 4 saturated carbocycles. The van der Waals surface area contributed by atoms with Crippen molar-refractivity contribution in [1.29, 1.82) is 0 Å². The van der Waals surface area contributed by atoms with E-state index >= 15 is 0 Å². The van der Waals surface area contributed by atoms with Gasteiger partial charge in [0.2, 0.25) is 11.8 Å². The average molecular weight is 571 g/mol. The molecule has 8 nitrogen and oxygen atoms in total. The van der Waals surface area contributed by atoms with Crippen LogP contribution in [0.2, 0.25) is 0 Å². The third-order valence-electron chi connectivity index (χ3n) is 12.8. The van der Waals surface area contributed by atoms with Gasteiger partial charge in [-0.3, -0.25) is 9.59 Å². The molecule has 0 bridgehead atoms. The van der Waals surface area contributed by atoms with E-state index in [1.807, 2.05) is 6.92 Å². The maximum absolute atomic E-state index is 13.1. The molecule has 1 heterocycles. The second-order valence-corrected chi connectivity index (χ2v) is 15.1. The Morgan fingerprint density at radius 3 is 2.49 bits per heavy atom. The SMILES string of the molecule is C#CCNC(=O)C(CCC1(C)NN1)NC(=O)CCC(C)C1CCC2C3CCC4CC(O)CCC4(C)C3CC(O)C12C. The lowest BCUT2D eigenvalue weighted by Crippen LogP contribution is -2.58. The molecule has 2 amide bonds. The van der Waals surface area contributed by atoms with Gasteiger partial charge in [0.1, 0.15) is 6.04 Å². The molecule has 4 aliphatic carbocycles. The number of nitrogens with one attached hydrogen (secondary N) is 4. The molecule has 1 saturated heterocycles. The fraction of sp³-hybridized carbons (Fsp3) is 0.879. The zero-order chi connectivity index (χ0) is 29.6. The highest BCUT2D eigenvalue weighted by atomic mass is 16.3. The van der Waals surface area contributed by atoms with Crippen molar-refractivity contribution in [3.63, 3.8) is 0 Å². The van der Waals surface area contributed by atoms with Crippen LogP contribution in [-0.4, -0.2) is 52.5 Å². The monoisotopic (exact) mass is 570 g/mol. The number of fused-ring (bicyclic) bond motifs is 5. The summed E-state index contributed by atoms with van der Waals surface area (Å²) in [6.45, 7) is 9.23. The van der Waals surface area contributed by atoms with Gasteiger partial charge < -0.3 is 20.8 Å². The van der Waals surface area contributed by atoms with Crippen LogP contribution < -0.4 is 21.5 Å². The normalized spacial score (nSPS) is 42.0. The minimum Gasteiger partial charge on any atom is -0.393 e. The molecule has 8 heteroatoms. The van der Waals surface area contributed by atoms with Crippen LogP contribution in [0.25, 0.3) is 0 Å². The van der Waals surface area contributed by atoms with E-state index in [-0.39, 0.29) is 47.1 Å². The number of rotatable bonds is 10. The van der Waals surface area contributed by atoms with Gasteiger partial charge in [-0.15, -0.1) is 6.42 Å². The van der Waals surface area contributed by atoms with E-state index in [0.29, 0.717) is 54.8 Å². The van der Waals surface area contributed by atoms with Crippen LogP contribution >= 0.6 is 0 Å². The van der Waals surface area contributed by atoms with E-state index < -0.39 is 6.04 Å². The van der Waals surface area contributed by atoms with Crippen molar-refractivity contribution in [1.82, 2.24) is 21.5 Å². The Labute approximate surface area is 246 Å². The highest BCUT2D eigenvalue weighted by Crippen LogP contribution is 2.68. The molecule has 0 spiro atoms. The van der Waals surface area contributed by atoms with Gasteiger partial charge in [0.15, 0.2) is 0 Å². The molecule has 1 aliphatic heterocycles. The summed E-state index contributed by atoms with van der Waals surface area (Å²) in [4.78, 5) is 25.8. The first-order valence-corrected chi connectivity index (χ1v) is 16.3. The first-order chi connectivity index (χ1) is 19.4. The summed E-state index contributed by atoms with van der Waals surface area (Å²) in [7, 11) is 0. The van der Waals surface area contributed by atoms with Crippen LogP contribution in [0.4, 0.5) is 0 Å². The summed E-state index contributed by atoms with van der Waals surface area (Å²) in [6, 6.07) is -0.616. The lowest BCUT2D eigenvalue weighted by Gasteiger charge is -2.62. The minimum absolute atomic E-state index is 0.103. The van der Waals surface area contributed by atoms with Gasteiger partial charge in [0.05, 0.1) is 24.4 Å². The number of terminal acetylenes is 1. The predicted octanol–water partition coefficient (Wildman–Crippen LogP) is 3.23. The molecule has 0 radical (unpaired) electrons. The number of hydrogen-bond acceptors (Lipinski definition) is 6. The third kappa shape index (κ3) is 5.94. The molecule has 0 aromatic heterocycles. The maximum atomic E-state index is 13.1. The quantitative estimate of drug-likeness (QED) is 0.176. The van der Waals surface area contributed by atoms with Gasteiger partial charge in [-0.2, -0.15) is 0 Å². The molecule has 5 rings (SSSR count). The van der Waals surface area contributed by atoms with Crippen LogP contribution in [-0.2, 0) is 9.59 Å². The number of carbonyl (C=O) groups is 2. The summed E-state index contributed by atoms with van der Waals surface area (Å²) < 4.78 is 0. The summed E-state index contributed by atoms with van der Waals surface area (Å²) in [6.07, 6.45) is 15.7. The lowest BCUT2D eigenvalue weighted by molar-refractivity contribution is -0.175. The van der Waals surface area contributed by atoms with Crippen LogP contribution in [0.1, 0.15) is 105 Å². The van der Waals surface area contributed by atoms with Gasteiger partial charge in [-0.05, 0) is 124 Å². The summed E-state index contributed by atoms with van der Waals surface area (Å²) in [5, 5.41) is 27.9. The number of amides is 2. The van der Waals surface area contributed by atoms with Crippen molar-refractivity contribution in [3.8, 4) is 12.3 Å². The highest BCUT2D eigenvalue weighted by Gasteiger charge is 2.63. The molecule has 5 aliphatic rings. The smallest absolute Gasteiger partial charge is 0.243 e. The Bertz CT molecular complexity index is 1030. The van der Waals surface area contributed by atoms with Crippen LogP contribution in [0.5, 0.6) is 0 Å². The molecule has 5 fully saturated rings. The van der Waals surface area contributed by atoms with Gasteiger partial charge in [-0.25, -0.2) is 10.9 Å². The minimum atomic E-state index is -0.616. The largest absolute Gasteiger partial charge is 0.393 e. The fourth-order valence-electron chi connectivity index (χ4n) is 10.2. The van der Waals surface area contributed by atoms with Gasteiger partial charge >= 0.3 is 0 Å². The van der Waals surface area contributed by atoms with Crippen molar-refractivity contribution in [2.24, 2.45) is 46.3 Å². The molecular formula is C33H54N4O4. The van der Waals surface area contributed by atoms with E-state index in [2.05, 4.69) is 48.2 Å². The van der Waals surface area contributed by atoms with Crippen LogP contribution in [0.3, 0.4) is 0 Å². The lowest BCUT2D eigenvalue weighted by atomic mass is 9.43. The Kier molecular flexibility index (Phi) is 8.85. The molecule has 11 atom stereocenters. The summed E-state index contributed by atoms with van der Waals surface area (Å²) in [5.74, 6) is 5.08. The number of hydrogen-bond donors (Lipinski definition) is 6. The van der Waals surface area contributed by atoms with E-state index in [9.17, 15) is 19.8 Å². The Hall–Kier alpha value is -1.66. The van der Waals surface area contributed by atoms with E-state index in [1.54, 1.807) is 0 Å². The molecular weight excluding hydrogens is 516 g/mol. The predicted molar refractivity (Wildman–Crippen MR) is 159 cm³/mol. The Balaban J connectivity index is 1.19. The molecule has 230 valence electrons. The fourth-order valence-corrected chi connectivity index (χ4v) is 10.2. The van der Waals surface area contributed by atoms with Crippen molar-refractivity contribution in [2.75, 3.05) is 6.54 Å². The third-order valence-corrected chi connectivity index (χ3v) is 12.8. The first kappa shape index (κ1) is 30.8. The van der Waals surface area contributed by atoms with Crippen LogP contribution in [0, 0.1) is 58.7 Å². The molecule has 41 heavy (non-hydrogen) atoms.